The Morgan fingerprint density at radius 3 is 2.33 bits per heavy atom. The summed E-state index contributed by atoms with van der Waals surface area (Å²) in [5.74, 6) is 1.46. The van der Waals surface area contributed by atoms with E-state index in [9.17, 15) is 8.42 Å². The number of sulfonamides is 1. The highest BCUT2D eigenvalue weighted by Gasteiger charge is 2.34. The second-order valence-corrected chi connectivity index (χ2v) is 10.8. The number of nitrogens with one attached hydrogen (secondary N) is 1. The number of rotatable bonds is 5. The summed E-state index contributed by atoms with van der Waals surface area (Å²) in [5, 5.41) is 9.31. The summed E-state index contributed by atoms with van der Waals surface area (Å²) >= 11 is 6.64. The molecular weight excluding hydrogens is 420 g/mol. The topological polar surface area (TPSA) is 76.9 Å². The van der Waals surface area contributed by atoms with Crippen molar-refractivity contribution in [2.24, 2.45) is 0 Å². The molecule has 0 bridgehead atoms. The monoisotopic (exact) mass is 444 g/mol. The van der Waals surface area contributed by atoms with Crippen molar-refractivity contribution in [2.45, 2.75) is 56.9 Å². The highest BCUT2D eigenvalue weighted by atomic mass is 35.5. The number of aromatic nitrogens is 3. The van der Waals surface area contributed by atoms with Crippen LogP contribution in [-0.4, -0.2) is 23.2 Å². The average Bonchev–Trinajstić information content (AvgIpc) is 3.44. The van der Waals surface area contributed by atoms with Gasteiger partial charge in [-0.15, -0.1) is 10.2 Å². The minimum Gasteiger partial charge on any atom is -0.308 e. The first-order valence-corrected chi connectivity index (χ1v) is 11.8. The van der Waals surface area contributed by atoms with Gasteiger partial charge in [-0.2, -0.15) is 0 Å². The summed E-state index contributed by atoms with van der Waals surface area (Å²) in [4.78, 5) is 0.197. The maximum Gasteiger partial charge on any atom is 0.261 e. The number of halogens is 1. The fourth-order valence-corrected chi connectivity index (χ4v) is 5.27. The first kappa shape index (κ1) is 20.9. The molecule has 158 valence electrons. The summed E-state index contributed by atoms with van der Waals surface area (Å²) in [7, 11) is -3.78. The molecule has 4 rings (SSSR count). The quantitative estimate of drug-likeness (QED) is 0.576. The number of nitrogens with zero attached hydrogens (tertiary/aromatic N) is 3. The molecule has 0 saturated heterocycles. The molecule has 3 aromatic rings. The van der Waals surface area contributed by atoms with E-state index >= 15 is 0 Å². The maximum absolute atomic E-state index is 13.1. The molecular formula is C22H25ClN4O2S. The molecule has 30 heavy (non-hydrogen) atoms. The van der Waals surface area contributed by atoms with E-state index in [-0.39, 0.29) is 10.3 Å². The van der Waals surface area contributed by atoms with Crippen molar-refractivity contribution >= 4 is 27.3 Å². The predicted molar refractivity (Wildman–Crippen MR) is 119 cm³/mol. The fourth-order valence-electron chi connectivity index (χ4n) is 3.74. The number of anilines is 1. The van der Waals surface area contributed by atoms with Gasteiger partial charge in [0.25, 0.3) is 10.0 Å². The van der Waals surface area contributed by atoms with Crippen molar-refractivity contribution < 1.29 is 8.42 Å². The lowest BCUT2D eigenvalue weighted by Crippen LogP contribution is -2.19. The van der Waals surface area contributed by atoms with Gasteiger partial charge >= 0.3 is 0 Å². The molecule has 1 saturated carbocycles. The molecule has 0 unspecified atom stereocenters. The molecule has 0 amide bonds. The molecule has 1 aliphatic rings. The average molecular weight is 445 g/mol. The smallest absolute Gasteiger partial charge is 0.261 e. The van der Waals surface area contributed by atoms with E-state index in [2.05, 4.69) is 40.3 Å². The van der Waals surface area contributed by atoms with Gasteiger partial charge in [0, 0.05) is 16.6 Å². The van der Waals surface area contributed by atoms with E-state index in [0.29, 0.717) is 28.1 Å². The van der Waals surface area contributed by atoms with E-state index in [1.165, 1.54) is 0 Å². The van der Waals surface area contributed by atoms with Crippen molar-refractivity contribution in [3.63, 3.8) is 0 Å². The molecule has 0 spiro atoms. The zero-order valence-electron chi connectivity index (χ0n) is 17.5. The molecule has 2 aromatic carbocycles. The Labute approximate surface area is 182 Å². The maximum atomic E-state index is 13.1. The highest BCUT2D eigenvalue weighted by molar-refractivity contribution is 7.92. The van der Waals surface area contributed by atoms with Crippen LogP contribution in [0.2, 0.25) is 5.02 Å². The van der Waals surface area contributed by atoms with Gasteiger partial charge in [0.2, 0.25) is 0 Å². The zero-order valence-corrected chi connectivity index (χ0v) is 19.0. The molecule has 8 heteroatoms. The molecule has 0 aliphatic heterocycles. The first-order chi connectivity index (χ1) is 14.1. The Kier molecular flexibility index (Phi) is 5.14. The summed E-state index contributed by atoms with van der Waals surface area (Å²) in [5.41, 5.74) is 1.63. The Morgan fingerprint density at radius 2 is 1.73 bits per heavy atom. The summed E-state index contributed by atoms with van der Waals surface area (Å²) in [6.45, 7) is 8.08. The minimum atomic E-state index is -3.78. The van der Waals surface area contributed by atoms with E-state index in [4.69, 9.17) is 11.6 Å². The Hall–Kier alpha value is -2.38. The summed E-state index contributed by atoms with van der Waals surface area (Å²) < 4.78 is 31.0. The Bertz CT molecular complexity index is 1190. The first-order valence-electron chi connectivity index (χ1n) is 9.92. The van der Waals surface area contributed by atoms with Crippen molar-refractivity contribution in [2.75, 3.05) is 4.72 Å². The fraction of sp³-hybridized carbons (Fsp3) is 0.364. The van der Waals surface area contributed by atoms with Gasteiger partial charge in [0.1, 0.15) is 5.82 Å². The zero-order chi connectivity index (χ0) is 21.7. The van der Waals surface area contributed by atoms with Gasteiger partial charge in [-0.25, -0.2) is 8.42 Å². The van der Waals surface area contributed by atoms with Gasteiger partial charge in [-0.1, -0.05) is 50.6 Å². The van der Waals surface area contributed by atoms with Crippen LogP contribution in [0.3, 0.4) is 0 Å². The van der Waals surface area contributed by atoms with Crippen molar-refractivity contribution in [3.8, 4) is 11.4 Å². The minimum absolute atomic E-state index is 0.197. The van der Waals surface area contributed by atoms with Crippen LogP contribution < -0.4 is 4.72 Å². The third-order valence-electron chi connectivity index (χ3n) is 5.20. The predicted octanol–water partition coefficient (Wildman–Crippen LogP) is 5.34. The third kappa shape index (κ3) is 3.84. The second kappa shape index (κ2) is 7.39. The van der Waals surface area contributed by atoms with Crippen molar-refractivity contribution in [1.82, 2.24) is 14.8 Å². The number of hydrogen-bond donors (Lipinski definition) is 1. The SMILES string of the molecule is Cc1nnc(-c2c(NS(=O)(=O)c3ccccc3)ccc(Cl)c2C(C)(C)C)n1C1CC1. The highest BCUT2D eigenvalue weighted by Crippen LogP contribution is 2.46. The van der Waals surface area contributed by atoms with E-state index in [1.807, 2.05) is 6.92 Å². The number of hydrogen-bond acceptors (Lipinski definition) is 4. The van der Waals surface area contributed by atoms with Crippen LogP contribution in [0.15, 0.2) is 47.4 Å². The molecule has 1 heterocycles. The standard InChI is InChI=1S/C22H25ClN4O2S/c1-14-24-25-21(27(14)15-10-11-15)19-18(13-12-17(23)20(19)22(2,3)4)26-30(28,29)16-8-6-5-7-9-16/h5-9,12-13,15,26H,10-11H2,1-4H3. The van der Waals surface area contributed by atoms with E-state index in [1.54, 1.807) is 42.5 Å². The summed E-state index contributed by atoms with van der Waals surface area (Å²) in [6, 6.07) is 12.1. The molecule has 0 radical (unpaired) electrons. The van der Waals surface area contributed by atoms with Crippen molar-refractivity contribution in [1.29, 1.82) is 0 Å². The lowest BCUT2D eigenvalue weighted by molar-refractivity contribution is 0.590. The van der Waals surface area contributed by atoms with Crippen LogP contribution in [0.4, 0.5) is 5.69 Å². The van der Waals surface area contributed by atoms with Gasteiger partial charge in [0.15, 0.2) is 5.82 Å². The summed E-state index contributed by atoms with van der Waals surface area (Å²) in [6.07, 6.45) is 2.12. The van der Waals surface area contributed by atoms with Crippen LogP contribution in [0.5, 0.6) is 0 Å². The number of benzene rings is 2. The molecule has 1 N–H and O–H groups in total. The molecule has 6 nitrogen and oxygen atoms in total. The lowest BCUT2D eigenvalue weighted by atomic mass is 9.82. The Morgan fingerprint density at radius 1 is 1.07 bits per heavy atom. The molecule has 1 aromatic heterocycles. The van der Waals surface area contributed by atoms with E-state index in [0.717, 1.165) is 24.2 Å². The normalized spacial score (nSPS) is 14.7. The van der Waals surface area contributed by atoms with Crippen LogP contribution in [0.1, 0.15) is 51.0 Å². The third-order valence-corrected chi connectivity index (χ3v) is 6.90. The van der Waals surface area contributed by atoms with Crippen LogP contribution in [-0.2, 0) is 15.4 Å². The molecule has 0 atom stereocenters. The molecule has 1 fully saturated rings. The van der Waals surface area contributed by atoms with E-state index < -0.39 is 10.0 Å². The largest absolute Gasteiger partial charge is 0.308 e. The second-order valence-electron chi connectivity index (χ2n) is 8.69. The Balaban J connectivity index is 1.95. The van der Waals surface area contributed by atoms with Crippen LogP contribution in [0, 0.1) is 6.92 Å². The van der Waals surface area contributed by atoms with Gasteiger partial charge in [0.05, 0.1) is 10.6 Å². The van der Waals surface area contributed by atoms with Crippen LogP contribution >= 0.6 is 11.6 Å². The lowest BCUT2D eigenvalue weighted by Gasteiger charge is -2.26. The van der Waals surface area contributed by atoms with Gasteiger partial charge in [-0.05, 0) is 55.0 Å². The number of aryl methyl sites for hydroxylation is 1. The molecule has 1 aliphatic carbocycles. The van der Waals surface area contributed by atoms with Gasteiger partial charge < -0.3 is 4.57 Å². The van der Waals surface area contributed by atoms with Crippen LogP contribution in [0.25, 0.3) is 11.4 Å². The van der Waals surface area contributed by atoms with Crippen molar-refractivity contribution in [3.05, 3.63) is 58.9 Å². The van der Waals surface area contributed by atoms with Gasteiger partial charge in [-0.3, -0.25) is 4.72 Å².